The predicted octanol–water partition coefficient (Wildman–Crippen LogP) is 0.551. The quantitative estimate of drug-likeness (QED) is 0.747. The van der Waals surface area contributed by atoms with E-state index in [1.807, 2.05) is 11.6 Å². The molecule has 0 bridgehead atoms. The number of nitrogens with zero attached hydrogens (tertiary/aromatic N) is 3. The van der Waals surface area contributed by atoms with E-state index < -0.39 is 0 Å². The second-order valence-corrected chi connectivity index (χ2v) is 3.22. The van der Waals surface area contributed by atoms with Gasteiger partial charge in [0.25, 0.3) is 0 Å². The van der Waals surface area contributed by atoms with Crippen LogP contribution in [0.25, 0.3) is 0 Å². The Kier molecular flexibility index (Phi) is 2.63. The first-order chi connectivity index (χ1) is 6.45. The van der Waals surface area contributed by atoms with E-state index in [9.17, 15) is 0 Å². The Morgan fingerprint density at radius 2 is 2.46 bits per heavy atom. The van der Waals surface area contributed by atoms with Crippen LogP contribution < -0.4 is 5.32 Å². The normalized spacial score (nSPS) is 10.5. The highest BCUT2D eigenvalue weighted by atomic mass is 32.1. The lowest BCUT2D eigenvalue weighted by atomic mass is 10.3. The summed E-state index contributed by atoms with van der Waals surface area (Å²) in [6, 6.07) is 0. The van der Waals surface area contributed by atoms with Crippen LogP contribution in [0.3, 0.4) is 0 Å². The van der Waals surface area contributed by atoms with Crippen molar-refractivity contribution in [3.63, 3.8) is 0 Å². The predicted molar refractivity (Wildman–Crippen MR) is 49.0 cm³/mol. The van der Waals surface area contributed by atoms with E-state index in [2.05, 4.69) is 25.1 Å². The summed E-state index contributed by atoms with van der Waals surface area (Å²) in [5, 5.41) is 15.7. The van der Waals surface area contributed by atoms with Crippen LogP contribution in [0.2, 0.25) is 0 Å². The second-order valence-electron chi connectivity index (χ2n) is 2.61. The zero-order valence-corrected chi connectivity index (χ0v) is 7.71. The number of nitrogens with one attached hydrogen (secondary N) is 2. The molecular formula is C7H9N5S. The minimum atomic E-state index is 0.752. The van der Waals surface area contributed by atoms with Crippen LogP contribution in [0.1, 0.15) is 11.3 Å². The first-order valence-electron chi connectivity index (χ1n) is 3.89. The molecule has 0 radical (unpaired) electrons. The minimum Gasteiger partial charge on any atom is -0.307 e. The fourth-order valence-corrected chi connectivity index (χ4v) is 1.42. The van der Waals surface area contributed by atoms with Crippen molar-refractivity contribution in [1.29, 1.82) is 0 Å². The van der Waals surface area contributed by atoms with Crippen molar-refractivity contribution in [3.05, 3.63) is 29.0 Å². The molecule has 0 spiro atoms. The van der Waals surface area contributed by atoms with Crippen LogP contribution in [0.4, 0.5) is 0 Å². The van der Waals surface area contributed by atoms with Gasteiger partial charge < -0.3 is 5.32 Å². The molecule has 0 fully saturated rings. The summed E-state index contributed by atoms with van der Waals surface area (Å²) in [6.07, 6.45) is 3.67. The lowest BCUT2D eigenvalue weighted by molar-refractivity contribution is 0.678. The summed E-state index contributed by atoms with van der Waals surface area (Å²) in [7, 11) is 0. The van der Waals surface area contributed by atoms with Crippen LogP contribution in [-0.2, 0) is 13.1 Å². The molecule has 0 aromatic carbocycles. The van der Waals surface area contributed by atoms with Gasteiger partial charge in [-0.25, -0.2) is 0 Å². The molecule has 0 amide bonds. The Bertz CT molecular complexity index is 293. The van der Waals surface area contributed by atoms with Gasteiger partial charge in [0.2, 0.25) is 0 Å². The maximum absolute atomic E-state index is 3.92. The van der Waals surface area contributed by atoms with Gasteiger partial charge in [-0.15, -0.1) is 5.10 Å². The number of hydrogen-bond donors (Lipinski definition) is 2. The molecule has 0 aliphatic rings. The molecule has 2 aromatic heterocycles. The standard InChI is InChI=1S/C7H9N5S/c1(6-2-9-10-3-6)8-4-7-5-13-12-11-7/h2-3,5,8H,1,4H2,(H,9,10). The monoisotopic (exact) mass is 195 g/mol. The van der Waals surface area contributed by atoms with Crippen LogP contribution >= 0.6 is 11.5 Å². The van der Waals surface area contributed by atoms with E-state index in [0.717, 1.165) is 24.3 Å². The van der Waals surface area contributed by atoms with E-state index in [1.165, 1.54) is 11.5 Å². The second kappa shape index (κ2) is 4.11. The van der Waals surface area contributed by atoms with Gasteiger partial charge in [0, 0.05) is 30.2 Å². The van der Waals surface area contributed by atoms with Crippen LogP contribution in [0.5, 0.6) is 0 Å². The fraction of sp³-hybridized carbons (Fsp3) is 0.286. The Morgan fingerprint density at radius 1 is 1.46 bits per heavy atom. The average molecular weight is 195 g/mol. The van der Waals surface area contributed by atoms with Gasteiger partial charge in [-0.2, -0.15) is 5.10 Å². The average Bonchev–Trinajstić information content (AvgIpc) is 2.75. The molecule has 0 saturated heterocycles. The number of hydrogen-bond acceptors (Lipinski definition) is 5. The fourth-order valence-electron chi connectivity index (χ4n) is 0.970. The van der Waals surface area contributed by atoms with Gasteiger partial charge in [0.15, 0.2) is 0 Å². The van der Waals surface area contributed by atoms with Gasteiger partial charge in [-0.3, -0.25) is 5.10 Å². The topological polar surface area (TPSA) is 66.5 Å². The molecule has 0 atom stereocenters. The number of H-pyrrole nitrogens is 1. The summed E-state index contributed by atoms with van der Waals surface area (Å²) < 4.78 is 3.77. The Morgan fingerprint density at radius 3 is 3.15 bits per heavy atom. The third kappa shape index (κ3) is 2.33. The number of aromatic nitrogens is 4. The molecular weight excluding hydrogens is 186 g/mol. The third-order valence-corrected chi connectivity index (χ3v) is 2.15. The van der Waals surface area contributed by atoms with Crippen molar-refractivity contribution in [3.8, 4) is 0 Å². The van der Waals surface area contributed by atoms with E-state index in [4.69, 9.17) is 0 Å². The number of rotatable bonds is 4. The third-order valence-electron chi connectivity index (χ3n) is 1.60. The van der Waals surface area contributed by atoms with Crippen molar-refractivity contribution in [2.24, 2.45) is 0 Å². The van der Waals surface area contributed by atoms with Gasteiger partial charge in [0.05, 0.1) is 11.9 Å². The molecule has 68 valence electrons. The molecule has 0 aliphatic carbocycles. The van der Waals surface area contributed by atoms with Gasteiger partial charge in [0.1, 0.15) is 0 Å². The van der Waals surface area contributed by atoms with E-state index >= 15 is 0 Å². The largest absolute Gasteiger partial charge is 0.307 e. The van der Waals surface area contributed by atoms with Crippen molar-refractivity contribution in [2.75, 3.05) is 0 Å². The number of aromatic amines is 1. The maximum Gasteiger partial charge on any atom is 0.0893 e. The first-order valence-corrected chi connectivity index (χ1v) is 4.73. The Labute approximate surface area is 79.4 Å². The summed E-state index contributed by atoms with van der Waals surface area (Å²) in [5.41, 5.74) is 2.12. The molecule has 2 N–H and O–H groups in total. The zero-order chi connectivity index (χ0) is 8.93. The Balaban J connectivity index is 1.76. The minimum absolute atomic E-state index is 0.752. The molecule has 2 rings (SSSR count). The SMILES string of the molecule is c1n[nH]cc1CNCc1csnn1. The Hall–Kier alpha value is -1.27. The summed E-state index contributed by atoms with van der Waals surface area (Å²) in [5.74, 6) is 0. The van der Waals surface area contributed by atoms with E-state index in [0.29, 0.717) is 0 Å². The highest BCUT2D eigenvalue weighted by Crippen LogP contribution is 1.97. The van der Waals surface area contributed by atoms with Crippen LogP contribution in [-0.4, -0.2) is 19.8 Å². The molecule has 5 nitrogen and oxygen atoms in total. The molecule has 2 aromatic rings. The molecule has 6 heteroatoms. The van der Waals surface area contributed by atoms with E-state index in [1.54, 1.807) is 6.20 Å². The molecule has 0 aliphatic heterocycles. The molecule has 2 heterocycles. The van der Waals surface area contributed by atoms with Crippen LogP contribution in [0.15, 0.2) is 17.8 Å². The lowest BCUT2D eigenvalue weighted by Gasteiger charge is -1.97. The van der Waals surface area contributed by atoms with Gasteiger partial charge >= 0.3 is 0 Å². The van der Waals surface area contributed by atoms with Crippen molar-refractivity contribution in [2.45, 2.75) is 13.1 Å². The van der Waals surface area contributed by atoms with E-state index in [-0.39, 0.29) is 0 Å². The summed E-state index contributed by atoms with van der Waals surface area (Å²) >= 11 is 1.37. The molecule has 0 saturated carbocycles. The van der Waals surface area contributed by atoms with Crippen LogP contribution in [0, 0.1) is 0 Å². The lowest BCUT2D eigenvalue weighted by Crippen LogP contribution is -2.12. The summed E-state index contributed by atoms with van der Waals surface area (Å²) in [4.78, 5) is 0. The summed E-state index contributed by atoms with van der Waals surface area (Å²) in [6.45, 7) is 1.55. The zero-order valence-electron chi connectivity index (χ0n) is 6.90. The smallest absolute Gasteiger partial charge is 0.0893 e. The maximum atomic E-state index is 3.92. The van der Waals surface area contributed by atoms with Crippen molar-refractivity contribution in [1.82, 2.24) is 25.1 Å². The molecule has 0 unspecified atom stereocenters. The molecule has 13 heavy (non-hydrogen) atoms. The highest BCUT2D eigenvalue weighted by Gasteiger charge is 1.96. The van der Waals surface area contributed by atoms with Gasteiger partial charge in [-0.05, 0) is 11.5 Å². The van der Waals surface area contributed by atoms with Crippen molar-refractivity contribution < 1.29 is 0 Å². The highest BCUT2D eigenvalue weighted by molar-refractivity contribution is 7.03. The first kappa shape index (κ1) is 8.33. The van der Waals surface area contributed by atoms with Crippen molar-refractivity contribution >= 4 is 11.5 Å². The van der Waals surface area contributed by atoms with Gasteiger partial charge in [-0.1, -0.05) is 4.49 Å².